The first-order valence-corrected chi connectivity index (χ1v) is 5.34. The topological polar surface area (TPSA) is 49.4 Å². The average molecular weight is 252 g/mol. The lowest BCUT2D eigenvalue weighted by Gasteiger charge is -2.19. The molecule has 0 unspecified atom stereocenters. The van der Waals surface area contributed by atoms with E-state index >= 15 is 0 Å². The summed E-state index contributed by atoms with van der Waals surface area (Å²) in [6.07, 6.45) is -4.46. The molecule has 7 heteroatoms. The maximum Gasteiger partial charge on any atom is 0.406 e. The molecule has 98 valence electrons. The van der Waals surface area contributed by atoms with E-state index in [0.717, 1.165) is 4.90 Å². The van der Waals surface area contributed by atoms with E-state index in [1.54, 1.807) is 13.8 Å². The fraction of sp³-hybridized carbons (Fsp3) is 0.800. The Kier molecular flexibility index (Phi) is 4.00. The molecule has 0 aromatic carbocycles. The van der Waals surface area contributed by atoms with Crippen molar-refractivity contribution in [3.05, 3.63) is 0 Å². The Labute approximate surface area is 97.1 Å². The summed E-state index contributed by atoms with van der Waals surface area (Å²) in [4.78, 5) is 23.4. The predicted molar refractivity (Wildman–Crippen MR) is 54.0 cm³/mol. The van der Waals surface area contributed by atoms with Gasteiger partial charge in [-0.2, -0.15) is 13.2 Å². The second-order valence-electron chi connectivity index (χ2n) is 4.45. The fourth-order valence-corrected chi connectivity index (χ4v) is 1.61. The summed E-state index contributed by atoms with van der Waals surface area (Å²) in [5, 5.41) is 2.56. The normalized spacial score (nSPS) is 21.2. The van der Waals surface area contributed by atoms with Gasteiger partial charge in [-0.05, 0) is 0 Å². The molecule has 0 saturated carbocycles. The minimum Gasteiger partial charge on any atom is -0.351 e. The zero-order chi connectivity index (χ0) is 13.2. The number of likely N-dealkylation sites (tertiary alicyclic amines) is 1. The number of nitrogens with zero attached hydrogens (tertiary/aromatic N) is 1. The molecule has 2 amide bonds. The molecule has 0 aromatic heterocycles. The van der Waals surface area contributed by atoms with Crippen molar-refractivity contribution in [2.24, 2.45) is 5.92 Å². The number of alkyl halides is 3. The van der Waals surface area contributed by atoms with Gasteiger partial charge in [-0.25, -0.2) is 0 Å². The maximum absolute atomic E-state index is 12.1. The second kappa shape index (κ2) is 4.93. The van der Waals surface area contributed by atoms with E-state index in [4.69, 9.17) is 0 Å². The predicted octanol–water partition coefficient (Wildman–Crippen LogP) is 0.922. The summed E-state index contributed by atoms with van der Waals surface area (Å²) in [5.41, 5.74) is 0. The third-order valence-corrected chi connectivity index (χ3v) is 2.46. The van der Waals surface area contributed by atoms with Crippen LogP contribution in [0.15, 0.2) is 0 Å². The van der Waals surface area contributed by atoms with E-state index in [0.29, 0.717) is 0 Å². The zero-order valence-corrected chi connectivity index (χ0v) is 9.67. The van der Waals surface area contributed by atoms with Crippen LogP contribution in [-0.4, -0.2) is 42.0 Å². The Morgan fingerprint density at radius 2 is 2.12 bits per heavy atom. The van der Waals surface area contributed by atoms with Crippen LogP contribution in [0, 0.1) is 5.92 Å². The lowest BCUT2D eigenvalue weighted by molar-refractivity contribution is -0.157. The van der Waals surface area contributed by atoms with Crippen molar-refractivity contribution >= 4 is 11.8 Å². The number of rotatable bonds is 3. The number of halogens is 3. The zero-order valence-electron chi connectivity index (χ0n) is 9.67. The molecule has 0 aliphatic carbocycles. The molecule has 1 rings (SSSR count). The molecule has 1 saturated heterocycles. The summed E-state index contributed by atoms with van der Waals surface area (Å²) >= 11 is 0. The largest absolute Gasteiger partial charge is 0.406 e. The van der Waals surface area contributed by atoms with Gasteiger partial charge in [0.2, 0.25) is 11.8 Å². The minimum atomic E-state index is -4.40. The van der Waals surface area contributed by atoms with E-state index in [1.807, 2.05) is 0 Å². The van der Waals surface area contributed by atoms with Crippen molar-refractivity contribution in [3.63, 3.8) is 0 Å². The number of amides is 2. The molecule has 0 radical (unpaired) electrons. The van der Waals surface area contributed by atoms with Crippen LogP contribution in [0.4, 0.5) is 13.2 Å². The number of nitrogens with one attached hydrogen (secondary N) is 1. The van der Waals surface area contributed by atoms with Crippen LogP contribution < -0.4 is 5.32 Å². The summed E-state index contributed by atoms with van der Waals surface area (Å²) in [7, 11) is 0. The number of hydrogen-bond donors (Lipinski definition) is 1. The van der Waals surface area contributed by atoms with Gasteiger partial charge < -0.3 is 10.2 Å². The molecule has 1 N–H and O–H groups in total. The second-order valence-corrected chi connectivity index (χ2v) is 4.45. The van der Waals surface area contributed by atoms with Gasteiger partial charge in [0.1, 0.15) is 6.54 Å². The molecule has 1 fully saturated rings. The van der Waals surface area contributed by atoms with E-state index in [9.17, 15) is 22.8 Å². The van der Waals surface area contributed by atoms with Gasteiger partial charge >= 0.3 is 6.18 Å². The van der Waals surface area contributed by atoms with Gasteiger partial charge in [0.15, 0.2) is 0 Å². The van der Waals surface area contributed by atoms with Crippen molar-refractivity contribution in [2.45, 2.75) is 32.5 Å². The van der Waals surface area contributed by atoms with Crippen molar-refractivity contribution in [3.8, 4) is 0 Å². The molecule has 0 bridgehead atoms. The van der Waals surface area contributed by atoms with Gasteiger partial charge in [0.25, 0.3) is 0 Å². The quantitative estimate of drug-likeness (QED) is 0.812. The summed E-state index contributed by atoms with van der Waals surface area (Å²) in [6, 6.07) is -0.514. The molecular weight excluding hydrogens is 237 g/mol. The molecular formula is C10H15F3N2O2. The summed E-state index contributed by atoms with van der Waals surface area (Å²) in [6.45, 7) is 2.04. The van der Waals surface area contributed by atoms with Crippen LogP contribution in [0.5, 0.6) is 0 Å². The van der Waals surface area contributed by atoms with Gasteiger partial charge in [-0.15, -0.1) is 0 Å². The molecule has 1 heterocycles. The maximum atomic E-state index is 12.1. The Morgan fingerprint density at radius 3 is 2.59 bits per heavy atom. The molecule has 4 nitrogen and oxygen atoms in total. The van der Waals surface area contributed by atoms with Crippen LogP contribution in [-0.2, 0) is 9.59 Å². The van der Waals surface area contributed by atoms with Crippen molar-refractivity contribution in [1.29, 1.82) is 0 Å². The van der Waals surface area contributed by atoms with Crippen LogP contribution in [0.2, 0.25) is 0 Å². The lowest BCUT2D eigenvalue weighted by atomic mass is 10.2. The van der Waals surface area contributed by atoms with Gasteiger partial charge in [0.05, 0.1) is 6.04 Å². The number of carbonyl (C=O) groups is 2. The highest BCUT2D eigenvalue weighted by Gasteiger charge is 2.38. The van der Waals surface area contributed by atoms with Gasteiger partial charge in [-0.3, -0.25) is 9.59 Å². The Morgan fingerprint density at radius 1 is 1.53 bits per heavy atom. The molecule has 1 aliphatic heterocycles. The first kappa shape index (κ1) is 13.8. The number of carbonyl (C=O) groups excluding carboxylic acids is 2. The van der Waals surface area contributed by atoms with Crippen molar-refractivity contribution in [1.82, 2.24) is 10.2 Å². The van der Waals surface area contributed by atoms with Crippen molar-refractivity contribution in [2.75, 3.05) is 13.1 Å². The van der Waals surface area contributed by atoms with Gasteiger partial charge in [-0.1, -0.05) is 13.8 Å². The number of hydrogen-bond acceptors (Lipinski definition) is 2. The van der Waals surface area contributed by atoms with Crippen LogP contribution in [0.25, 0.3) is 0 Å². The van der Waals surface area contributed by atoms with E-state index in [1.165, 1.54) is 0 Å². The first-order chi connectivity index (χ1) is 7.69. The molecule has 0 aromatic rings. The molecule has 1 aliphatic rings. The molecule has 17 heavy (non-hydrogen) atoms. The minimum absolute atomic E-state index is 0.0610. The first-order valence-electron chi connectivity index (χ1n) is 5.34. The summed E-state index contributed by atoms with van der Waals surface area (Å²) < 4.78 is 36.4. The average Bonchev–Trinajstić information content (AvgIpc) is 2.43. The highest BCUT2D eigenvalue weighted by Crippen LogP contribution is 2.20. The van der Waals surface area contributed by atoms with E-state index in [2.05, 4.69) is 5.32 Å². The smallest absolute Gasteiger partial charge is 0.351 e. The SMILES string of the molecule is CC(C)C(=O)N[C@@H]1CC(=O)N(CC(F)(F)F)C1. The Balaban J connectivity index is 2.50. The van der Waals surface area contributed by atoms with Crippen LogP contribution in [0.1, 0.15) is 20.3 Å². The Bertz CT molecular complexity index is 315. The van der Waals surface area contributed by atoms with Crippen LogP contribution >= 0.6 is 0 Å². The van der Waals surface area contributed by atoms with Crippen LogP contribution in [0.3, 0.4) is 0 Å². The van der Waals surface area contributed by atoms with E-state index < -0.39 is 24.7 Å². The molecule has 0 spiro atoms. The third kappa shape index (κ3) is 4.24. The standard InChI is InChI=1S/C10H15F3N2O2/c1-6(2)9(17)14-7-3-8(16)15(4-7)5-10(11,12)13/h6-7H,3-5H2,1-2H3,(H,14,17)/t7-/m1/s1. The highest BCUT2D eigenvalue weighted by molar-refractivity contribution is 5.82. The Hall–Kier alpha value is -1.27. The van der Waals surface area contributed by atoms with Gasteiger partial charge in [0, 0.05) is 18.9 Å². The molecule has 1 atom stereocenters. The highest BCUT2D eigenvalue weighted by atomic mass is 19.4. The third-order valence-electron chi connectivity index (χ3n) is 2.46. The summed E-state index contributed by atoms with van der Waals surface area (Å²) in [5.74, 6) is -1.07. The monoisotopic (exact) mass is 252 g/mol. The fourth-order valence-electron chi connectivity index (χ4n) is 1.61. The van der Waals surface area contributed by atoms with Crippen molar-refractivity contribution < 1.29 is 22.8 Å². The van der Waals surface area contributed by atoms with E-state index in [-0.39, 0.29) is 24.8 Å². The lowest BCUT2D eigenvalue weighted by Crippen LogP contribution is -2.41.